The van der Waals surface area contributed by atoms with Gasteiger partial charge >= 0.3 is 6.36 Å². The lowest BCUT2D eigenvalue weighted by Gasteiger charge is -2.13. The maximum atomic E-state index is 12.1. The smallest absolute Gasteiger partial charge is 0.406 e. The molecular weight excluding hydrogens is 289 g/mol. The third-order valence-electron chi connectivity index (χ3n) is 2.74. The van der Waals surface area contributed by atoms with Gasteiger partial charge in [-0.25, -0.2) is 0 Å². The van der Waals surface area contributed by atoms with E-state index in [-0.39, 0.29) is 5.75 Å². The molecule has 2 rings (SSSR count). The molecule has 0 radical (unpaired) electrons. The van der Waals surface area contributed by atoms with Crippen molar-refractivity contribution in [3.05, 3.63) is 24.3 Å². The van der Waals surface area contributed by atoms with Crippen LogP contribution in [0.1, 0.15) is 13.8 Å². The summed E-state index contributed by atoms with van der Waals surface area (Å²) in [7, 11) is 0. The molecule has 0 saturated carbocycles. The fraction of sp³-hybridized carbons (Fsp3) is 0.462. The second-order valence-corrected chi connectivity index (χ2v) is 5.97. The number of amidine groups is 1. The van der Waals surface area contributed by atoms with Crippen LogP contribution in [0.4, 0.5) is 18.9 Å². The summed E-state index contributed by atoms with van der Waals surface area (Å²) in [6.07, 6.45) is -4.68. The van der Waals surface area contributed by atoms with Crippen molar-refractivity contribution in [3.8, 4) is 5.75 Å². The number of anilines is 1. The zero-order valence-corrected chi connectivity index (χ0v) is 11.9. The summed E-state index contributed by atoms with van der Waals surface area (Å²) >= 11 is 1.61. The van der Waals surface area contributed by atoms with Crippen LogP contribution in [-0.2, 0) is 0 Å². The Kier molecular flexibility index (Phi) is 4.47. The van der Waals surface area contributed by atoms with Crippen LogP contribution in [0.15, 0.2) is 29.3 Å². The van der Waals surface area contributed by atoms with Crippen molar-refractivity contribution in [2.75, 3.05) is 11.9 Å². The molecule has 1 atom stereocenters. The van der Waals surface area contributed by atoms with Crippen molar-refractivity contribution in [3.63, 3.8) is 0 Å². The lowest BCUT2D eigenvalue weighted by Crippen LogP contribution is -2.17. The van der Waals surface area contributed by atoms with E-state index in [2.05, 4.69) is 28.9 Å². The molecule has 20 heavy (non-hydrogen) atoms. The number of hydrogen-bond donors (Lipinski definition) is 1. The average Bonchev–Trinajstić information content (AvgIpc) is 2.75. The predicted molar refractivity (Wildman–Crippen MR) is 75.3 cm³/mol. The van der Waals surface area contributed by atoms with E-state index in [9.17, 15) is 13.2 Å². The van der Waals surface area contributed by atoms with Gasteiger partial charge in [0.1, 0.15) is 5.75 Å². The first kappa shape index (κ1) is 15.0. The van der Waals surface area contributed by atoms with Crippen LogP contribution in [0, 0.1) is 5.92 Å². The Hall–Kier alpha value is -1.37. The summed E-state index contributed by atoms with van der Waals surface area (Å²) in [4.78, 5) is 4.34. The van der Waals surface area contributed by atoms with Crippen molar-refractivity contribution in [2.45, 2.75) is 25.5 Å². The number of hydrogen-bond acceptors (Lipinski definition) is 4. The quantitative estimate of drug-likeness (QED) is 0.912. The van der Waals surface area contributed by atoms with E-state index in [1.807, 2.05) is 0 Å². The molecule has 1 aromatic carbocycles. The Morgan fingerprint density at radius 1 is 1.40 bits per heavy atom. The highest BCUT2D eigenvalue weighted by Gasteiger charge is 2.31. The maximum absolute atomic E-state index is 12.1. The number of thioether (sulfide) groups is 1. The number of halogens is 3. The largest absolute Gasteiger partial charge is 0.573 e. The van der Waals surface area contributed by atoms with E-state index < -0.39 is 6.36 Å². The van der Waals surface area contributed by atoms with E-state index >= 15 is 0 Å². The van der Waals surface area contributed by atoms with Crippen LogP contribution in [0.2, 0.25) is 0 Å². The van der Waals surface area contributed by atoms with E-state index in [0.29, 0.717) is 16.9 Å². The number of alkyl halides is 3. The summed E-state index contributed by atoms with van der Waals surface area (Å²) in [5, 5.41) is 4.16. The highest BCUT2D eigenvalue weighted by molar-refractivity contribution is 8.15. The standard InChI is InChI=1S/C13H15F3N2OS/c1-8(2)11-7-17-12(20-11)18-9-4-3-5-10(6-9)19-13(14,15)16/h3-6,8,11H,7H2,1-2H3,(H,17,18). The number of nitrogens with one attached hydrogen (secondary N) is 1. The second kappa shape index (κ2) is 5.95. The van der Waals surface area contributed by atoms with Crippen LogP contribution in [0.3, 0.4) is 0 Å². The molecule has 1 aromatic rings. The zero-order valence-electron chi connectivity index (χ0n) is 11.1. The van der Waals surface area contributed by atoms with Crippen molar-refractivity contribution >= 4 is 22.6 Å². The van der Waals surface area contributed by atoms with Gasteiger partial charge in [0.15, 0.2) is 5.17 Å². The first-order valence-electron chi connectivity index (χ1n) is 6.17. The molecule has 0 spiro atoms. The number of benzene rings is 1. The minimum atomic E-state index is -4.68. The van der Waals surface area contributed by atoms with E-state index in [1.54, 1.807) is 17.8 Å². The number of rotatable bonds is 3. The molecule has 0 saturated heterocycles. The highest BCUT2D eigenvalue weighted by atomic mass is 32.2. The third kappa shape index (κ3) is 4.33. The monoisotopic (exact) mass is 304 g/mol. The molecular formula is C13H15F3N2OS. The van der Waals surface area contributed by atoms with Crippen LogP contribution >= 0.6 is 11.8 Å². The normalized spacial score (nSPS) is 19.1. The molecule has 1 unspecified atom stereocenters. The molecule has 0 fully saturated rings. The van der Waals surface area contributed by atoms with Crippen LogP contribution in [0.5, 0.6) is 5.75 Å². The number of ether oxygens (including phenoxy) is 1. The molecule has 1 N–H and O–H groups in total. The highest BCUT2D eigenvalue weighted by Crippen LogP contribution is 2.29. The van der Waals surface area contributed by atoms with Gasteiger partial charge in [0.05, 0.1) is 6.54 Å². The van der Waals surface area contributed by atoms with Crippen LogP contribution < -0.4 is 10.1 Å². The molecule has 7 heteroatoms. The zero-order chi connectivity index (χ0) is 14.8. The Balaban J connectivity index is 1.99. The summed E-state index contributed by atoms with van der Waals surface area (Å²) < 4.78 is 40.3. The fourth-order valence-corrected chi connectivity index (χ4v) is 2.73. The maximum Gasteiger partial charge on any atom is 0.573 e. The van der Waals surface area contributed by atoms with E-state index in [0.717, 1.165) is 11.7 Å². The third-order valence-corrected chi connectivity index (χ3v) is 4.19. The molecule has 0 aromatic heterocycles. The summed E-state index contributed by atoms with van der Waals surface area (Å²) in [6.45, 7) is 4.96. The Morgan fingerprint density at radius 2 is 2.15 bits per heavy atom. The van der Waals surface area contributed by atoms with Gasteiger partial charge in [-0.3, -0.25) is 4.99 Å². The van der Waals surface area contributed by atoms with Gasteiger partial charge in [-0.1, -0.05) is 31.7 Å². The van der Waals surface area contributed by atoms with Crippen molar-refractivity contribution in [1.29, 1.82) is 0 Å². The molecule has 0 bridgehead atoms. The van der Waals surface area contributed by atoms with E-state index in [4.69, 9.17) is 0 Å². The average molecular weight is 304 g/mol. The van der Waals surface area contributed by atoms with E-state index in [1.165, 1.54) is 18.2 Å². The Morgan fingerprint density at radius 3 is 2.75 bits per heavy atom. The molecule has 0 aliphatic carbocycles. The SMILES string of the molecule is CC(C)C1CN=C(Nc2cccc(OC(F)(F)F)c2)S1. The lowest BCUT2D eigenvalue weighted by atomic mass is 10.1. The van der Waals surface area contributed by atoms with Gasteiger partial charge in [-0.05, 0) is 18.1 Å². The summed E-state index contributed by atoms with van der Waals surface area (Å²) in [5.74, 6) is 0.259. The Labute approximate surface area is 119 Å². The topological polar surface area (TPSA) is 33.6 Å². The first-order chi connectivity index (χ1) is 9.33. The molecule has 3 nitrogen and oxygen atoms in total. The van der Waals surface area contributed by atoms with Crippen molar-refractivity contribution in [1.82, 2.24) is 0 Å². The van der Waals surface area contributed by atoms with Crippen LogP contribution in [0.25, 0.3) is 0 Å². The van der Waals surface area contributed by atoms with Gasteiger partial charge < -0.3 is 10.1 Å². The van der Waals surface area contributed by atoms with Gasteiger partial charge in [0.25, 0.3) is 0 Å². The lowest BCUT2D eigenvalue weighted by molar-refractivity contribution is -0.274. The molecule has 1 aliphatic heterocycles. The number of nitrogens with zero attached hydrogens (tertiary/aromatic N) is 1. The molecule has 1 aliphatic rings. The van der Waals surface area contributed by atoms with Crippen molar-refractivity contribution < 1.29 is 17.9 Å². The fourth-order valence-electron chi connectivity index (χ4n) is 1.70. The molecule has 0 amide bonds. The predicted octanol–water partition coefficient (Wildman–Crippen LogP) is 4.12. The minimum Gasteiger partial charge on any atom is -0.406 e. The van der Waals surface area contributed by atoms with Crippen LogP contribution in [-0.4, -0.2) is 23.3 Å². The van der Waals surface area contributed by atoms with Crippen molar-refractivity contribution in [2.24, 2.45) is 10.9 Å². The first-order valence-corrected chi connectivity index (χ1v) is 7.05. The second-order valence-electron chi connectivity index (χ2n) is 4.75. The number of aliphatic imine (C=N–C) groups is 1. The summed E-state index contributed by atoms with van der Waals surface area (Å²) in [6, 6.07) is 5.75. The minimum absolute atomic E-state index is 0.244. The van der Waals surface area contributed by atoms with Gasteiger partial charge in [-0.15, -0.1) is 13.2 Å². The van der Waals surface area contributed by atoms with Gasteiger partial charge in [0.2, 0.25) is 0 Å². The summed E-state index contributed by atoms with van der Waals surface area (Å²) in [5.41, 5.74) is 0.530. The van der Waals surface area contributed by atoms with Gasteiger partial charge in [-0.2, -0.15) is 0 Å². The van der Waals surface area contributed by atoms with Gasteiger partial charge in [0, 0.05) is 17.0 Å². The molecule has 1 heterocycles. The Bertz CT molecular complexity index is 503. The molecule has 110 valence electrons.